The Kier molecular flexibility index (Phi) is 5.76. The Morgan fingerprint density at radius 2 is 2.00 bits per heavy atom. The van der Waals surface area contributed by atoms with E-state index in [9.17, 15) is 4.79 Å². The second kappa shape index (κ2) is 7.30. The summed E-state index contributed by atoms with van der Waals surface area (Å²) in [5.41, 5.74) is 0.0812. The van der Waals surface area contributed by atoms with E-state index >= 15 is 0 Å². The fourth-order valence-corrected chi connectivity index (χ4v) is 5.86. The zero-order chi connectivity index (χ0) is 19.2. The van der Waals surface area contributed by atoms with Crippen molar-refractivity contribution in [1.29, 1.82) is 0 Å². The fourth-order valence-electron chi connectivity index (χ4n) is 4.81. The average molecular weight is 383 g/mol. The van der Waals surface area contributed by atoms with Gasteiger partial charge in [-0.3, -0.25) is 4.79 Å². The highest BCUT2D eigenvalue weighted by molar-refractivity contribution is 6.74. The lowest BCUT2D eigenvalue weighted by molar-refractivity contribution is -0.198. The number of fused-ring (bicyclic) bond motifs is 1. The topological polar surface area (TPSA) is 44.8 Å². The Morgan fingerprint density at radius 3 is 2.62 bits per heavy atom. The molecule has 0 aromatic carbocycles. The molecule has 2 saturated carbocycles. The Labute approximate surface area is 160 Å². The lowest BCUT2D eigenvalue weighted by atomic mass is 9.80. The number of ketones is 1. The monoisotopic (exact) mass is 382 g/mol. The summed E-state index contributed by atoms with van der Waals surface area (Å²) in [7, 11) is -1.81. The van der Waals surface area contributed by atoms with E-state index in [-0.39, 0.29) is 22.8 Å². The van der Waals surface area contributed by atoms with Gasteiger partial charge in [0.2, 0.25) is 0 Å². The first-order chi connectivity index (χ1) is 12.0. The Morgan fingerprint density at radius 1 is 1.27 bits per heavy atom. The molecule has 0 N–H and O–H groups in total. The van der Waals surface area contributed by atoms with Crippen LogP contribution in [0.15, 0.2) is 0 Å². The SMILES string of the molecule is CC(C)(C)[Si](C)(C)OC[C@@H]1C2CC(=O)C[C@@]2(C)C[C@H]1OC1CCCCO1. The molecule has 150 valence electrons. The maximum atomic E-state index is 12.2. The highest BCUT2D eigenvalue weighted by atomic mass is 28.4. The molecule has 1 aliphatic heterocycles. The van der Waals surface area contributed by atoms with E-state index in [1.165, 1.54) is 6.42 Å². The molecule has 0 bridgehead atoms. The first-order valence-corrected chi connectivity index (χ1v) is 13.4. The first-order valence-electron chi connectivity index (χ1n) is 10.4. The molecular weight excluding hydrogens is 344 g/mol. The number of hydrogen-bond donors (Lipinski definition) is 0. The third kappa shape index (κ3) is 4.11. The van der Waals surface area contributed by atoms with Crippen LogP contribution >= 0.6 is 0 Å². The maximum absolute atomic E-state index is 12.2. The predicted octanol–water partition coefficient (Wildman–Crippen LogP) is 4.93. The van der Waals surface area contributed by atoms with Crippen LogP contribution in [-0.4, -0.2) is 39.7 Å². The van der Waals surface area contributed by atoms with Crippen LogP contribution in [0.2, 0.25) is 18.1 Å². The van der Waals surface area contributed by atoms with Crippen LogP contribution < -0.4 is 0 Å². The van der Waals surface area contributed by atoms with Crippen molar-refractivity contribution in [3.8, 4) is 0 Å². The summed E-state index contributed by atoms with van der Waals surface area (Å²) >= 11 is 0. The van der Waals surface area contributed by atoms with Crippen LogP contribution in [-0.2, 0) is 18.7 Å². The largest absolute Gasteiger partial charge is 0.416 e. The van der Waals surface area contributed by atoms with Crippen molar-refractivity contribution < 1.29 is 18.7 Å². The fraction of sp³-hybridized carbons (Fsp3) is 0.952. The number of hydrogen-bond acceptors (Lipinski definition) is 4. The minimum atomic E-state index is -1.81. The molecule has 3 rings (SSSR count). The van der Waals surface area contributed by atoms with Crippen LogP contribution in [0.4, 0.5) is 0 Å². The van der Waals surface area contributed by atoms with Gasteiger partial charge in [-0.1, -0.05) is 27.7 Å². The molecule has 4 nitrogen and oxygen atoms in total. The molecule has 0 aromatic heterocycles. The highest BCUT2D eigenvalue weighted by Crippen LogP contribution is 2.57. The van der Waals surface area contributed by atoms with Gasteiger partial charge in [0.05, 0.1) is 6.10 Å². The van der Waals surface area contributed by atoms with Crippen molar-refractivity contribution in [2.45, 2.75) is 96.7 Å². The first kappa shape index (κ1) is 20.5. The molecule has 0 radical (unpaired) electrons. The maximum Gasteiger partial charge on any atom is 0.191 e. The molecule has 0 amide bonds. The molecule has 26 heavy (non-hydrogen) atoms. The predicted molar refractivity (Wildman–Crippen MR) is 106 cm³/mol. The summed E-state index contributed by atoms with van der Waals surface area (Å²) in [5, 5.41) is 0.198. The molecule has 2 unspecified atom stereocenters. The summed E-state index contributed by atoms with van der Waals surface area (Å²) in [6.07, 6.45) is 5.78. The lowest BCUT2D eigenvalue weighted by Crippen LogP contribution is -2.44. The smallest absolute Gasteiger partial charge is 0.191 e. The molecule has 5 heteroatoms. The van der Waals surface area contributed by atoms with E-state index in [4.69, 9.17) is 13.9 Å². The van der Waals surface area contributed by atoms with E-state index in [1.54, 1.807) is 0 Å². The van der Waals surface area contributed by atoms with E-state index in [0.717, 1.165) is 32.5 Å². The van der Waals surface area contributed by atoms with Gasteiger partial charge in [-0.2, -0.15) is 0 Å². The molecule has 1 heterocycles. The summed E-state index contributed by atoms with van der Waals surface area (Å²) < 4.78 is 18.9. The average Bonchev–Trinajstić information content (AvgIpc) is 2.93. The summed E-state index contributed by atoms with van der Waals surface area (Å²) in [4.78, 5) is 12.2. The van der Waals surface area contributed by atoms with Crippen molar-refractivity contribution in [2.75, 3.05) is 13.2 Å². The molecule has 3 aliphatic rings. The van der Waals surface area contributed by atoms with Crippen molar-refractivity contribution in [2.24, 2.45) is 17.3 Å². The van der Waals surface area contributed by atoms with Gasteiger partial charge in [0.25, 0.3) is 0 Å². The number of carbonyl (C=O) groups excluding carboxylic acids is 1. The number of Topliss-reactive ketones (excluding diaryl/α,β-unsaturated/α-hetero) is 1. The molecule has 2 aliphatic carbocycles. The molecule has 0 spiro atoms. The van der Waals surface area contributed by atoms with E-state index < -0.39 is 8.32 Å². The van der Waals surface area contributed by atoms with Crippen LogP contribution in [0.5, 0.6) is 0 Å². The van der Waals surface area contributed by atoms with E-state index in [1.807, 2.05) is 0 Å². The minimum absolute atomic E-state index is 0.0674. The third-order valence-corrected chi connectivity index (χ3v) is 12.0. The third-order valence-electron chi connectivity index (χ3n) is 7.51. The van der Waals surface area contributed by atoms with Gasteiger partial charge in [-0.15, -0.1) is 0 Å². The van der Waals surface area contributed by atoms with Gasteiger partial charge >= 0.3 is 0 Å². The van der Waals surface area contributed by atoms with Gasteiger partial charge in [-0.25, -0.2) is 0 Å². The quantitative estimate of drug-likeness (QED) is 0.633. The normalized spacial score (nSPS) is 38.6. The van der Waals surface area contributed by atoms with Crippen molar-refractivity contribution in [3.63, 3.8) is 0 Å². The minimum Gasteiger partial charge on any atom is -0.416 e. The molecule has 3 fully saturated rings. The van der Waals surface area contributed by atoms with Gasteiger partial charge in [0.1, 0.15) is 5.78 Å². The van der Waals surface area contributed by atoms with Crippen LogP contribution in [0.25, 0.3) is 0 Å². The number of ether oxygens (including phenoxy) is 2. The Hall–Kier alpha value is -0.233. The Balaban J connectivity index is 1.72. The van der Waals surface area contributed by atoms with Gasteiger partial charge in [-0.05, 0) is 55.1 Å². The van der Waals surface area contributed by atoms with Gasteiger partial charge in [0, 0.05) is 32.0 Å². The summed E-state index contributed by atoms with van der Waals surface area (Å²) in [6, 6.07) is 0. The number of carbonyl (C=O) groups is 1. The van der Waals surface area contributed by atoms with Crippen LogP contribution in [0, 0.1) is 17.3 Å². The molecule has 0 aromatic rings. The van der Waals surface area contributed by atoms with Crippen LogP contribution in [0.3, 0.4) is 0 Å². The van der Waals surface area contributed by atoms with E-state index in [2.05, 4.69) is 40.8 Å². The zero-order valence-corrected chi connectivity index (χ0v) is 18.6. The van der Waals surface area contributed by atoms with Crippen molar-refractivity contribution in [3.05, 3.63) is 0 Å². The molecule has 1 saturated heterocycles. The summed E-state index contributed by atoms with van der Waals surface area (Å²) in [5.74, 6) is 1.13. The van der Waals surface area contributed by atoms with Crippen molar-refractivity contribution in [1.82, 2.24) is 0 Å². The zero-order valence-electron chi connectivity index (χ0n) is 17.6. The van der Waals surface area contributed by atoms with Crippen LogP contribution in [0.1, 0.15) is 66.2 Å². The van der Waals surface area contributed by atoms with E-state index in [0.29, 0.717) is 30.5 Å². The Bertz CT molecular complexity index is 521. The van der Waals surface area contributed by atoms with Gasteiger partial charge in [0.15, 0.2) is 14.6 Å². The van der Waals surface area contributed by atoms with Gasteiger partial charge < -0.3 is 13.9 Å². The summed E-state index contributed by atoms with van der Waals surface area (Å²) in [6.45, 7) is 15.3. The second-order valence-electron chi connectivity index (χ2n) is 10.6. The van der Waals surface area contributed by atoms with Crippen molar-refractivity contribution >= 4 is 14.1 Å². The highest BCUT2D eigenvalue weighted by Gasteiger charge is 2.57. The number of rotatable bonds is 5. The lowest BCUT2D eigenvalue weighted by Gasteiger charge is -2.38. The molecular formula is C21H38O4Si. The standard InChI is InChI=1S/C21H38O4Si/c1-20(2,3)26(5,6)24-14-16-17-11-15(22)12-21(17,4)13-18(16)25-19-9-7-8-10-23-19/h16-19H,7-14H2,1-6H3/t16-,17?,18-,19?,21+/m1/s1. The molecule has 5 atom stereocenters. The second-order valence-corrected chi connectivity index (χ2v) is 15.4.